The molecule has 0 atom stereocenters. The zero-order valence-electron chi connectivity index (χ0n) is 14.8. The van der Waals surface area contributed by atoms with Crippen LogP contribution in [0.5, 0.6) is 0 Å². The lowest BCUT2D eigenvalue weighted by molar-refractivity contribution is -0.104. The maximum absolute atomic E-state index is 13.9. The Kier molecular flexibility index (Phi) is 5.78. The number of ether oxygens (including phenoxy) is 1. The number of rotatable bonds is 6. The Morgan fingerprint density at radius 3 is 2.54 bits per heavy atom. The van der Waals surface area contributed by atoms with E-state index in [0.717, 1.165) is 23.8 Å². The number of nitrogens with zero attached hydrogens (tertiary/aromatic N) is 1. The van der Waals surface area contributed by atoms with Gasteiger partial charge in [0.15, 0.2) is 6.29 Å². The van der Waals surface area contributed by atoms with E-state index in [1.807, 2.05) is 30.3 Å². The van der Waals surface area contributed by atoms with Crippen LogP contribution in [0.25, 0.3) is 0 Å². The normalized spacial score (nSPS) is 13.4. The van der Waals surface area contributed by atoms with Crippen molar-refractivity contribution >= 4 is 24.1 Å². The van der Waals surface area contributed by atoms with Crippen molar-refractivity contribution in [1.29, 1.82) is 0 Å². The molecule has 144 valence electrons. The molecule has 28 heavy (non-hydrogen) atoms. The molecule has 2 aromatic rings. The zero-order valence-corrected chi connectivity index (χ0v) is 14.8. The van der Waals surface area contributed by atoms with E-state index < -0.39 is 23.6 Å². The Labute approximate surface area is 160 Å². The predicted molar refractivity (Wildman–Crippen MR) is 96.2 cm³/mol. The Hall–Kier alpha value is -3.55. The van der Waals surface area contributed by atoms with Crippen LogP contribution in [0, 0.1) is 5.82 Å². The molecule has 0 spiro atoms. The number of benzene rings is 2. The standard InChI is InChI=1S/C20H17FN2O5/c21-17-7-6-14(18(25)11-24)8-16(17)19(26)23-9-15(10-23)22-20(27)28-12-13-4-2-1-3-5-13/h1-8,11,15H,9-10,12H2,(H,22,27). The van der Waals surface area contributed by atoms with E-state index in [2.05, 4.69) is 5.32 Å². The molecular formula is C20H17FN2O5. The van der Waals surface area contributed by atoms with Crippen LogP contribution in [-0.4, -0.2) is 48.1 Å². The number of ketones is 1. The van der Waals surface area contributed by atoms with Crippen LogP contribution in [0.15, 0.2) is 48.5 Å². The van der Waals surface area contributed by atoms with E-state index in [9.17, 15) is 23.6 Å². The number of hydrogen-bond donors (Lipinski definition) is 1. The fraction of sp³-hybridized carbons (Fsp3) is 0.200. The second-order valence-corrected chi connectivity index (χ2v) is 6.29. The highest BCUT2D eigenvalue weighted by molar-refractivity contribution is 6.33. The summed E-state index contributed by atoms with van der Waals surface area (Å²) in [7, 11) is 0. The molecule has 1 saturated heterocycles. The van der Waals surface area contributed by atoms with Crippen molar-refractivity contribution in [2.24, 2.45) is 0 Å². The third-order valence-corrected chi connectivity index (χ3v) is 4.29. The van der Waals surface area contributed by atoms with E-state index in [0.29, 0.717) is 0 Å². The molecule has 1 fully saturated rings. The van der Waals surface area contributed by atoms with Crippen LogP contribution in [0.3, 0.4) is 0 Å². The van der Waals surface area contributed by atoms with Gasteiger partial charge in [-0.2, -0.15) is 0 Å². The van der Waals surface area contributed by atoms with Crippen molar-refractivity contribution in [2.45, 2.75) is 12.6 Å². The van der Waals surface area contributed by atoms with Gasteiger partial charge in [0, 0.05) is 18.7 Å². The minimum absolute atomic E-state index is 0.0561. The van der Waals surface area contributed by atoms with Crippen molar-refractivity contribution in [1.82, 2.24) is 10.2 Å². The second kappa shape index (κ2) is 8.43. The Bertz CT molecular complexity index is 910. The van der Waals surface area contributed by atoms with Crippen molar-refractivity contribution in [3.63, 3.8) is 0 Å². The van der Waals surface area contributed by atoms with Crippen LogP contribution in [-0.2, 0) is 16.1 Å². The number of amides is 2. The number of alkyl carbamates (subject to hydrolysis) is 1. The maximum atomic E-state index is 13.9. The molecule has 0 saturated carbocycles. The van der Waals surface area contributed by atoms with E-state index >= 15 is 0 Å². The first-order valence-corrected chi connectivity index (χ1v) is 8.53. The third kappa shape index (κ3) is 4.40. The molecule has 8 heteroatoms. The number of hydrogen-bond acceptors (Lipinski definition) is 5. The van der Waals surface area contributed by atoms with Crippen molar-refractivity contribution in [3.8, 4) is 0 Å². The van der Waals surface area contributed by atoms with Crippen LogP contribution in [0.1, 0.15) is 26.3 Å². The lowest BCUT2D eigenvalue weighted by Crippen LogP contribution is -2.61. The van der Waals surface area contributed by atoms with Crippen LogP contribution >= 0.6 is 0 Å². The summed E-state index contributed by atoms with van der Waals surface area (Å²) in [5, 5.41) is 2.63. The first-order chi connectivity index (χ1) is 13.5. The summed E-state index contributed by atoms with van der Waals surface area (Å²) in [4.78, 5) is 47.5. The highest BCUT2D eigenvalue weighted by Crippen LogP contribution is 2.18. The first-order valence-electron chi connectivity index (χ1n) is 8.53. The van der Waals surface area contributed by atoms with Gasteiger partial charge in [-0.3, -0.25) is 14.4 Å². The first kappa shape index (κ1) is 19.2. The molecule has 1 aliphatic rings. The molecule has 0 unspecified atom stereocenters. The molecule has 0 radical (unpaired) electrons. The minimum Gasteiger partial charge on any atom is -0.445 e. The van der Waals surface area contributed by atoms with E-state index in [1.54, 1.807) is 0 Å². The quantitative estimate of drug-likeness (QED) is 0.467. The summed E-state index contributed by atoms with van der Waals surface area (Å²) in [6, 6.07) is 12.1. The zero-order chi connectivity index (χ0) is 20.1. The van der Waals surface area contributed by atoms with Gasteiger partial charge in [-0.25, -0.2) is 9.18 Å². The largest absolute Gasteiger partial charge is 0.445 e. The number of nitrogens with one attached hydrogen (secondary N) is 1. The van der Waals surface area contributed by atoms with Crippen molar-refractivity contribution in [2.75, 3.05) is 13.1 Å². The molecule has 2 aromatic carbocycles. The second-order valence-electron chi connectivity index (χ2n) is 6.29. The number of carbonyl (C=O) groups is 4. The Morgan fingerprint density at radius 2 is 1.86 bits per heavy atom. The highest BCUT2D eigenvalue weighted by atomic mass is 19.1. The SMILES string of the molecule is O=CC(=O)c1ccc(F)c(C(=O)N2CC(NC(=O)OCc3ccccc3)C2)c1. The number of Topliss-reactive ketones (excluding diaryl/α,β-unsaturated/α-hetero) is 1. The fourth-order valence-corrected chi connectivity index (χ4v) is 2.75. The van der Waals surface area contributed by atoms with Gasteiger partial charge in [-0.1, -0.05) is 30.3 Å². The molecule has 1 N–H and O–H groups in total. The summed E-state index contributed by atoms with van der Waals surface area (Å²) >= 11 is 0. The highest BCUT2D eigenvalue weighted by Gasteiger charge is 2.33. The van der Waals surface area contributed by atoms with Gasteiger partial charge in [0.25, 0.3) is 5.91 Å². The summed E-state index contributed by atoms with van der Waals surface area (Å²) in [6.07, 6.45) is -0.503. The average molecular weight is 384 g/mol. The summed E-state index contributed by atoms with van der Waals surface area (Å²) in [5.74, 6) is -2.24. The molecule has 1 aliphatic heterocycles. The number of likely N-dealkylation sites (tertiary alicyclic amines) is 1. The summed E-state index contributed by atoms with van der Waals surface area (Å²) in [5.41, 5.74) is 0.500. The summed E-state index contributed by atoms with van der Waals surface area (Å²) < 4.78 is 19.0. The monoisotopic (exact) mass is 384 g/mol. The Morgan fingerprint density at radius 1 is 1.14 bits per heavy atom. The van der Waals surface area contributed by atoms with Crippen molar-refractivity contribution < 1.29 is 28.3 Å². The molecule has 1 heterocycles. The molecular weight excluding hydrogens is 367 g/mol. The van der Waals surface area contributed by atoms with E-state index in [-0.39, 0.29) is 43.2 Å². The molecule has 0 aliphatic carbocycles. The predicted octanol–water partition coefficient (Wildman–Crippen LogP) is 1.96. The number of aldehydes is 1. The lowest BCUT2D eigenvalue weighted by atomic mass is 10.0. The topological polar surface area (TPSA) is 92.8 Å². The molecule has 0 aromatic heterocycles. The van der Waals surface area contributed by atoms with Gasteiger partial charge >= 0.3 is 6.09 Å². The van der Waals surface area contributed by atoms with Gasteiger partial charge in [0.2, 0.25) is 5.78 Å². The number of halogens is 1. The average Bonchev–Trinajstić information content (AvgIpc) is 2.69. The fourth-order valence-electron chi connectivity index (χ4n) is 2.75. The van der Waals surface area contributed by atoms with Crippen LogP contribution in [0.2, 0.25) is 0 Å². The lowest BCUT2D eigenvalue weighted by Gasteiger charge is -2.39. The Balaban J connectivity index is 1.51. The van der Waals surface area contributed by atoms with Gasteiger partial charge in [-0.15, -0.1) is 0 Å². The summed E-state index contributed by atoms with van der Waals surface area (Å²) in [6.45, 7) is 0.500. The van der Waals surface area contributed by atoms with Gasteiger partial charge in [-0.05, 0) is 23.8 Å². The van der Waals surface area contributed by atoms with E-state index in [1.165, 1.54) is 4.90 Å². The van der Waals surface area contributed by atoms with Crippen molar-refractivity contribution in [3.05, 3.63) is 71.0 Å². The van der Waals surface area contributed by atoms with Crippen LogP contribution < -0.4 is 5.32 Å². The molecule has 2 amide bonds. The maximum Gasteiger partial charge on any atom is 0.407 e. The number of carbonyl (C=O) groups excluding carboxylic acids is 4. The van der Waals surface area contributed by atoms with E-state index in [4.69, 9.17) is 4.74 Å². The van der Waals surface area contributed by atoms with Gasteiger partial charge in [0.05, 0.1) is 11.6 Å². The smallest absolute Gasteiger partial charge is 0.407 e. The van der Waals surface area contributed by atoms with Gasteiger partial charge < -0.3 is 15.0 Å². The third-order valence-electron chi connectivity index (χ3n) is 4.29. The van der Waals surface area contributed by atoms with Gasteiger partial charge in [0.1, 0.15) is 12.4 Å². The molecule has 7 nitrogen and oxygen atoms in total. The van der Waals surface area contributed by atoms with Crippen LogP contribution in [0.4, 0.5) is 9.18 Å². The molecule has 0 bridgehead atoms. The minimum atomic E-state index is -0.835. The molecule has 3 rings (SSSR count).